The molecule has 2 atom stereocenters. The van der Waals surface area contributed by atoms with Crippen LogP contribution in [0.1, 0.15) is 36.8 Å². The zero-order chi connectivity index (χ0) is 14.1. The summed E-state index contributed by atoms with van der Waals surface area (Å²) < 4.78 is 0. The number of aryl methyl sites for hydroxylation is 2. The van der Waals surface area contributed by atoms with Crippen molar-refractivity contribution in [3.8, 4) is 0 Å². The zero-order valence-corrected chi connectivity index (χ0v) is 12.4. The van der Waals surface area contributed by atoms with Gasteiger partial charge in [-0.2, -0.15) is 0 Å². The van der Waals surface area contributed by atoms with Gasteiger partial charge in [0.25, 0.3) is 0 Å². The molecule has 2 nitrogen and oxygen atoms in total. The summed E-state index contributed by atoms with van der Waals surface area (Å²) >= 11 is 0. The first-order valence-electron chi connectivity index (χ1n) is 7.70. The second-order valence-electron chi connectivity index (χ2n) is 6.29. The number of allylic oxidation sites excluding steroid dienone is 2. The fourth-order valence-electron chi connectivity index (χ4n) is 3.52. The van der Waals surface area contributed by atoms with E-state index in [4.69, 9.17) is 0 Å². The Morgan fingerprint density at radius 1 is 1.10 bits per heavy atom. The van der Waals surface area contributed by atoms with Crippen molar-refractivity contribution in [1.82, 2.24) is 0 Å². The molecule has 2 aliphatic carbocycles. The molecule has 1 amide bonds. The molecule has 3 rings (SSSR count). The Hall–Kier alpha value is -1.57. The number of fused-ring (bicyclic) bond motifs is 1. The highest BCUT2D eigenvalue weighted by Crippen LogP contribution is 2.53. The van der Waals surface area contributed by atoms with Crippen molar-refractivity contribution >= 4 is 11.6 Å². The molecule has 1 aromatic rings. The highest BCUT2D eigenvalue weighted by molar-refractivity contribution is 5.95. The molecule has 2 heteroatoms. The van der Waals surface area contributed by atoms with Crippen LogP contribution in [0.25, 0.3) is 0 Å². The molecule has 0 radical (unpaired) electrons. The molecular formula is C18H23NO. The van der Waals surface area contributed by atoms with Crippen LogP contribution in [0.4, 0.5) is 5.69 Å². The van der Waals surface area contributed by atoms with E-state index in [9.17, 15) is 4.79 Å². The monoisotopic (exact) mass is 269 g/mol. The minimum atomic E-state index is 0.232. The van der Waals surface area contributed by atoms with E-state index >= 15 is 0 Å². The van der Waals surface area contributed by atoms with Gasteiger partial charge in [0.15, 0.2) is 0 Å². The van der Waals surface area contributed by atoms with Gasteiger partial charge in [0.05, 0.1) is 0 Å². The van der Waals surface area contributed by atoms with Gasteiger partial charge in [-0.25, -0.2) is 0 Å². The number of nitrogens with one attached hydrogen (secondary N) is 1. The van der Waals surface area contributed by atoms with Crippen molar-refractivity contribution < 1.29 is 4.79 Å². The normalized spacial score (nSPS) is 28.2. The molecule has 20 heavy (non-hydrogen) atoms. The second-order valence-corrected chi connectivity index (χ2v) is 6.29. The molecule has 0 spiro atoms. The van der Waals surface area contributed by atoms with Gasteiger partial charge in [0.2, 0.25) is 5.91 Å². The quantitative estimate of drug-likeness (QED) is 0.800. The lowest BCUT2D eigenvalue weighted by molar-refractivity contribution is -0.117. The molecule has 0 unspecified atom stereocenters. The minimum Gasteiger partial charge on any atom is -0.326 e. The maximum Gasteiger partial charge on any atom is 0.228 e. The average molecular weight is 269 g/mol. The summed E-state index contributed by atoms with van der Waals surface area (Å²) in [5.41, 5.74) is 3.31. The number of benzene rings is 1. The van der Waals surface area contributed by atoms with Crippen LogP contribution in [0.5, 0.6) is 0 Å². The van der Waals surface area contributed by atoms with Crippen molar-refractivity contribution in [3.05, 3.63) is 41.5 Å². The standard InChI is InChI=1S/C18H23NO/c1-12-9-10-13(2)16(11-12)19-18(20)17-14-7-5-3-4-6-8-15(14)17/h3-4,9-11,14-15,17H,5-8H2,1-2H3,(H,19,20)/t14-,15-/m0/s1. The van der Waals surface area contributed by atoms with Crippen molar-refractivity contribution in [2.24, 2.45) is 17.8 Å². The van der Waals surface area contributed by atoms with Gasteiger partial charge in [-0.05, 0) is 68.6 Å². The third kappa shape index (κ3) is 2.65. The second kappa shape index (κ2) is 5.43. The Balaban J connectivity index is 1.67. The SMILES string of the molecule is Cc1ccc(C)c(NC(=O)C2[C@H]3CCC=CCC[C@H]23)c1. The van der Waals surface area contributed by atoms with E-state index in [1.165, 1.54) is 18.4 Å². The van der Waals surface area contributed by atoms with Gasteiger partial charge in [-0.1, -0.05) is 24.3 Å². The van der Waals surface area contributed by atoms with E-state index in [1.807, 2.05) is 0 Å². The van der Waals surface area contributed by atoms with Crippen LogP contribution >= 0.6 is 0 Å². The summed E-state index contributed by atoms with van der Waals surface area (Å²) in [6.45, 7) is 4.11. The summed E-state index contributed by atoms with van der Waals surface area (Å²) in [5, 5.41) is 3.15. The summed E-state index contributed by atoms with van der Waals surface area (Å²) in [4.78, 5) is 12.5. The van der Waals surface area contributed by atoms with Crippen LogP contribution in [0, 0.1) is 31.6 Å². The minimum absolute atomic E-state index is 0.232. The maximum absolute atomic E-state index is 12.5. The third-order valence-corrected chi connectivity index (χ3v) is 4.79. The van der Waals surface area contributed by atoms with Gasteiger partial charge >= 0.3 is 0 Å². The number of amides is 1. The number of hydrogen-bond donors (Lipinski definition) is 1. The van der Waals surface area contributed by atoms with Gasteiger partial charge in [-0.3, -0.25) is 4.79 Å². The van der Waals surface area contributed by atoms with Crippen molar-refractivity contribution in [1.29, 1.82) is 0 Å². The first kappa shape index (κ1) is 13.4. The highest BCUT2D eigenvalue weighted by Gasteiger charge is 2.53. The van der Waals surface area contributed by atoms with Crippen molar-refractivity contribution in [2.75, 3.05) is 5.32 Å². The first-order chi connectivity index (χ1) is 9.66. The topological polar surface area (TPSA) is 29.1 Å². The molecule has 2 aliphatic rings. The number of carbonyl (C=O) groups excluding carboxylic acids is 1. The lowest BCUT2D eigenvalue weighted by Crippen LogP contribution is -2.16. The molecule has 0 aliphatic heterocycles. The third-order valence-electron chi connectivity index (χ3n) is 4.79. The molecule has 1 aromatic carbocycles. The summed E-state index contributed by atoms with van der Waals surface area (Å²) in [6.07, 6.45) is 9.16. The number of rotatable bonds is 2. The number of anilines is 1. The maximum atomic E-state index is 12.5. The molecule has 0 aromatic heterocycles. The molecule has 106 valence electrons. The predicted octanol–water partition coefficient (Wildman–Crippen LogP) is 4.23. The average Bonchev–Trinajstić information content (AvgIpc) is 3.05. The lowest BCUT2D eigenvalue weighted by Gasteiger charge is -2.09. The van der Waals surface area contributed by atoms with Gasteiger partial charge in [-0.15, -0.1) is 0 Å². The van der Waals surface area contributed by atoms with Crippen LogP contribution in [-0.4, -0.2) is 5.91 Å². The van der Waals surface area contributed by atoms with E-state index < -0.39 is 0 Å². The van der Waals surface area contributed by atoms with Crippen LogP contribution < -0.4 is 5.32 Å². The van der Waals surface area contributed by atoms with Crippen LogP contribution in [-0.2, 0) is 4.79 Å². The Morgan fingerprint density at radius 3 is 2.40 bits per heavy atom. The molecule has 1 N–H and O–H groups in total. The predicted molar refractivity (Wildman–Crippen MR) is 82.6 cm³/mol. The molecule has 1 fully saturated rings. The Kier molecular flexibility index (Phi) is 3.64. The number of carbonyl (C=O) groups is 1. The van der Waals surface area contributed by atoms with Crippen LogP contribution in [0.15, 0.2) is 30.4 Å². The fourth-order valence-corrected chi connectivity index (χ4v) is 3.52. The Bertz CT molecular complexity index is 530. The summed E-state index contributed by atoms with van der Waals surface area (Å²) in [5.74, 6) is 1.71. The van der Waals surface area contributed by atoms with Crippen LogP contribution in [0.2, 0.25) is 0 Å². The fraction of sp³-hybridized carbons (Fsp3) is 0.500. The molecule has 0 heterocycles. The zero-order valence-electron chi connectivity index (χ0n) is 12.4. The van der Waals surface area contributed by atoms with E-state index in [-0.39, 0.29) is 11.8 Å². The number of hydrogen-bond acceptors (Lipinski definition) is 1. The lowest BCUT2D eigenvalue weighted by atomic mass is 10.1. The highest BCUT2D eigenvalue weighted by atomic mass is 16.2. The first-order valence-corrected chi connectivity index (χ1v) is 7.70. The van der Waals surface area contributed by atoms with E-state index in [1.54, 1.807) is 0 Å². The van der Waals surface area contributed by atoms with Gasteiger partial charge < -0.3 is 5.32 Å². The van der Waals surface area contributed by atoms with E-state index in [0.717, 1.165) is 24.1 Å². The molecule has 0 bridgehead atoms. The van der Waals surface area contributed by atoms with Gasteiger partial charge in [0, 0.05) is 11.6 Å². The summed E-state index contributed by atoms with van der Waals surface area (Å²) in [7, 11) is 0. The van der Waals surface area contributed by atoms with Gasteiger partial charge in [0.1, 0.15) is 0 Å². The van der Waals surface area contributed by atoms with Crippen molar-refractivity contribution in [3.63, 3.8) is 0 Å². The molecule has 0 saturated heterocycles. The smallest absolute Gasteiger partial charge is 0.228 e. The van der Waals surface area contributed by atoms with Crippen molar-refractivity contribution in [2.45, 2.75) is 39.5 Å². The molecule has 1 saturated carbocycles. The van der Waals surface area contributed by atoms with E-state index in [2.05, 4.69) is 49.5 Å². The van der Waals surface area contributed by atoms with Crippen LogP contribution in [0.3, 0.4) is 0 Å². The summed E-state index contributed by atoms with van der Waals surface area (Å²) in [6, 6.07) is 6.23. The van der Waals surface area contributed by atoms with E-state index in [0.29, 0.717) is 11.8 Å². The largest absolute Gasteiger partial charge is 0.326 e. The molecular weight excluding hydrogens is 246 g/mol. The Morgan fingerprint density at radius 2 is 1.75 bits per heavy atom. The Labute approximate surface area is 121 Å².